The summed E-state index contributed by atoms with van der Waals surface area (Å²) in [5.74, 6) is 1.50. The van der Waals surface area contributed by atoms with E-state index in [2.05, 4.69) is 4.74 Å². The van der Waals surface area contributed by atoms with Crippen LogP contribution in [0.1, 0.15) is 31.2 Å². The molecule has 0 spiro atoms. The highest BCUT2D eigenvalue weighted by Gasteiger charge is 2.00. The van der Waals surface area contributed by atoms with Gasteiger partial charge in [-0.25, -0.2) is 0 Å². The number of carbonyl (C=O) groups is 1. The molecule has 0 aliphatic heterocycles. The minimum Gasteiger partial charge on any atom is -0.494 e. The molecule has 0 saturated carbocycles. The van der Waals surface area contributed by atoms with Crippen molar-refractivity contribution in [3.8, 4) is 11.5 Å². The first-order valence-electron chi connectivity index (χ1n) is 8.24. The number of unbranched alkanes of at least 4 members (excludes halogenated alkanes) is 2. The molecule has 4 heteroatoms. The Morgan fingerprint density at radius 1 is 0.833 bits per heavy atom. The van der Waals surface area contributed by atoms with E-state index in [0.717, 1.165) is 36.3 Å². The van der Waals surface area contributed by atoms with Crippen LogP contribution in [0.4, 0.5) is 0 Å². The maximum Gasteiger partial charge on any atom is 0.305 e. The van der Waals surface area contributed by atoms with E-state index in [4.69, 9.17) is 9.47 Å². The molecule has 0 aromatic heterocycles. The second-order valence-electron chi connectivity index (χ2n) is 5.48. The summed E-state index contributed by atoms with van der Waals surface area (Å²) in [4.78, 5) is 11.0. The quantitative estimate of drug-likeness (QED) is 0.480. The third-order valence-corrected chi connectivity index (χ3v) is 3.59. The summed E-state index contributed by atoms with van der Waals surface area (Å²) in [5, 5.41) is 0. The molecule has 0 heterocycles. The Hall–Kier alpha value is -2.49. The normalized spacial score (nSPS) is 10.2. The topological polar surface area (TPSA) is 44.8 Å². The Morgan fingerprint density at radius 3 is 2.17 bits per heavy atom. The number of hydrogen-bond acceptors (Lipinski definition) is 4. The van der Waals surface area contributed by atoms with Gasteiger partial charge in [0.25, 0.3) is 0 Å². The van der Waals surface area contributed by atoms with Crippen LogP contribution in [0.2, 0.25) is 0 Å². The Morgan fingerprint density at radius 2 is 1.50 bits per heavy atom. The Balaban J connectivity index is 1.62. The van der Waals surface area contributed by atoms with E-state index in [0.29, 0.717) is 19.6 Å². The molecule has 0 N–H and O–H groups in total. The molecule has 4 nitrogen and oxygen atoms in total. The van der Waals surface area contributed by atoms with Gasteiger partial charge in [0.1, 0.15) is 18.1 Å². The summed E-state index contributed by atoms with van der Waals surface area (Å²) in [7, 11) is 1.42. The van der Waals surface area contributed by atoms with E-state index < -0.39 is 0 Å². The van der Waals surface area contributed by atoms with Crippen LogP contribution in [-0.2, 0) is 16.1 Å². The highest BCUT2D eigenvalue weighted by Crippen LogP contribution is 2.19. The molecule has 2 aromatic rings. The molecule has 0 bridgehead atoms. The predicted molar refractivity (Wildman–Crippen MR) is 93.2 cm³/mol. The fraction of sp³-hybridized carbons (Fsp3) is 0.350. The first-order valence-corrected chi connectivity index (χ1v) is 8.24. The summed E-state index contributed by atoms with van der Waals surface area (Å²) in [5.41, 5.74) is 1.14. The third-order valence-electron chi connectivity index (χ3n) is 3.59. The third kappa shape index (κ3) is 6.73. The molecule has 0 saturated heterocycles. The van der Waals surface area contributed by atoms with Crippen molar-refractivity contribution in [3.05, 3.63) is 60.2 Å². The van der Waals surface area contributed by atoms with E-state index in [1.54, 1.807) is 0 Å². The molecule has 0 aliphatic carbocycles. The van der Waals surface area contributed by atoms with E-state index in [1.807, 2.05) is 54.6 Å². The number of methoxy groups -OCH3 is 1. The zero-order chi connectivity index (χ0) is 17.0. The van der Waals surface area contributed by atoms with Gasteiger partial charge in [-0.05, 0) is 49.1 Å². The number of hydrogen-bond donors (Lipinski definition) is 0. The maximum absolute atomic E-state index is 11.0. The van der Waals surface area contributed by atoms with E-state index in [9.17, 15) is 4.79 Å². The van der Waals surface area contributed by atoms with Gasteiger partial charge < -0.3 is 14.2 Å². The maximum atomic E-state index is 11.0. The largest absolute Gasteiger partial charge is 0.494 e. The molecular formula is C20H24O4. The number of carbonyl (C=O) groups excluding carboxylic acids is 1. The zero-order valence-electron chi connectivity index (χ0n) is 14.1. The van der Waals surface area contributed by atoms with Crippen molar-refractivity contribution in [2.45, 2.75) is 32.3 Å². The molecule has 0 aliphatic rings. The second kappa shape index (κ2) is 10.3. The average Bonchev–Trinajstić information content (AvgIpc) is 2.64. The van der Waals surface area contributed by atoms with E-state index >= 15 is 0 Å². The molecule has 2 aromatic carbocycles. The molecule has 0 amide bonds. The number of rotatable bonds is 10. The lowest BCUT2D eigenvalue weighted by atomic mass is 10.2. The van der Waals surface area contributed by atoms with Gasteiger partial charge in [0, 0.05) is 6.42 Å². The molecule has 24 heavy (non-hydrogen) atoms. The minimum atomic E-state index is -0.151. The van der Waals surface area contributed by atoms with E-state index in [1.165, 1.54) is 7.11 Å². The van der Waals surface area contributed by atoms with Gasteiger partial charge in [-0.2, -0.15) is 0 Å². The standard InChI is InChI=1S/C20H24O4/c1-22-20(21)10-6-3-7-15-23-18-11-13-19(14-12-18)24-16-17-8-4-2-5-9-17/h2,4-5,8-9,11-14H,3,6-7,10,15-16H2,1H3. The van der Waals surface area contributed by atoms with Gasteiger partial charge >= 0.3 is 5.97 Å². The van der Waals surface area contributed by atoms with Crippen molar-refractivity contribution in [3.63, 3.8) is 0 Å². The predicted octanol–water partition coefficient (Wildman–Crippen LogP) is 4.38. The van der Waals surface area contributed by atoms with Crippen molar-refractivity contribution in [1.82, 2.24) is 0 Å². The van der Waals surface area contributed by atoms with Gasteiger partial charge in [0.15, 0.2) is 0 Å². The van der Waals surface area contributed by atoms with Crippen LogP contribution in [0.25, 0.3) is 0 Å². The van der Waals surface area contributed by atoms with Crippen LogP contribution in [-0.4, -0.2) is 19.7 Å². The van der Waals surface area contributed by atoms with Crippen LogP contribution in [0, 0.1) is 0 Å². The average molecular weight is 328 g/mol. The number of benzene rings is 2. The van der Waals surface area contributed by atoms with Crippen LogP contribution >= 0.6 is 0 Å². The first-order chi connectivity index (χ1) is 11.8. The van der Waals surface area contributed by atoms with Gasteiger partial charge in [-0.3, -0.25) is 4.79 Å². The molecule has 0 unspecified atom stereocenters. The van der Waals surface area contributed by atoms with Crippen LogP contribution in [0.15, 0.2) is 54.6 Å². The Labute approximate surface area is 143 Å². The van der Waals surface area contributed by atoms with Crippen LogP contribution in [0.5, 0.6) is 11.5 Å². The van der Waals surface area contributed by atoms with E-state index in [-0.39, 0.29) is 5.97 Å². The Bertz CT molecular complexity index is 593. The SMILES string of the molecule is COC(=O)CCCCCOc1ccc(OCc2ccccc2)cc1. The molecule has 2 rings (SSSR count). The first kappa shape index (κ1) is 17.9. The zero-order valence-corrected chi connectivity index (χ0v) is 14.1. The Kier molecular flexibility index (Phi) is 7.68. The fourth-order valence-electron chi connectivity index (χ4n) is 2.21. The smallest absolute Gasteiger partial charge is 0.305 e. The number of ether oxygens (including phenoxy) is 3. The lowest BCUT2D eigenvalue weighted by Gasteiger charge is -2.09. The lowest BCUT2D eigenvalue weighted by Crippen LogP contribution is -2.01. The lowest BCUT2D eigenvalue weighted by molar-refractivity contribution is -0.140. The molecular weight excluding hydrogens is 304 g/mol. The van der Waals surface area contributed by atoms with Crippen molar-refractivity contribution in [1.29, 1.82) is 0 Å². The molecule has 128 valence electrons. The molecule has 0 radical (unpaired) electrons. The molecule has 0 atom stereocenters. The van der Waals surface area contributed by atoms with Crippen molar-refractivity contribution < 1.29 is 19.0 Å². The summed E-state index contributed by atoms with van der Waals surface area (Å²) in [6, 6.07) is 17.7. The summed E-state index contributed by atoms with van der Waals surface area (Å²) in [6.45, 7) is 1.20. The van der Waals surface area contributed by atoms with Crippen molar-refractivity contribution in [2.75, 3.05) is 13.7 Å². The fourth-order valence-corrected chi connectivity index (χ4v) is 2.21. The summed E-state index contributed by atoms with van der Waals surface area (Å²) < 4.78 is 16.0. The van der Waals surface area contributed by atoms with Crippen molar-refractivity contribution >= 4 is 5.97 Å². The van der Waals surface area contributed by atoms with Gasteiger partial charge in [-0.15, -0.1) is 0 Å². The van der Waals surface area contributed by atoms with Gasteiger partial charge in [-0.1, -0.05) is 30.3 Å². The number of esters is 1. The second-order valence-corrected chi connectivity index (χ2v) is 5.48. The van der Waals surface area contributed by atoms with Crippen LogP contribution in [0.3, 0.4) is 0 Å². The minimum absolute atomic E-state index is 0.151. The van der Waals surface area contributed by atoms with Crippen molar-refractivity contribution in [2.24, 2.45) is 0 Å². The van der Waals surface area contributed by atoms with Crippen LogP contribution < -0.4 is 9.47 Å². The van der Waals surface area contributed by atoms with Gasteiger partial charge in [0.05, 0.1) is 13.7 Å². The monoisotopic (exact) mass is 328 g/mol. The summed E-state index contributed by atoms with van der Waals surface area (Å²) in [6.07, 6.45) is 3.18. The highest BCUT2D eigenvalue weighted by atomic mass is 16.5. The molecule has 0 fully saturated rings. The highest BCUT2D eigenvalue weighted by molar-refractivity contribution is 5.68. The van der Waals surface area contributed by atoms with Gasteiger partial charge in [0.2, 0.25) is 0 Å². The summed E-state index contributed by atoms with van der Waals surface area (Å²) >= 11 is 0.